The van der Waals surface area contributed by atoms with Crippen LogP contribution in [0.5, 0.6) is 17.2 Å². The van der Waals surface area contributed by atoms with E-state index in [1.54, 1.807) is 37.3 Å². The Kier molecular flexibility index (Phi) is 7.03. The lowest BCUT2D eigenvalue weighted by atomic mass is 10.2. The van der Waals surface area contributed by atoms with Crippen LogP contribution in [0.2, 0.25) is 5.02 Å². The van der Waals surface area contributed by atoms with Crippen LogP contribution in [-0.4, -0.2) is 25.7 Å². The molecule has 0 saturated carbocycles. The minimum absolute atomic E-state index is 0.0739. The van der Waals surface area contributed by atoms with Crippen molar-refractivity contribution in [1.29, 1.82) is 0 Å². The van der Waals surface area contributed by atoms with Gasteiger partial charge in [0.25, 0.3) is 5.91 Å². The highest BCUT2D eigenvalue weighted by molar-refractivity contribution is 6.30. The van der Waals surface area contributed by atoms with E-state index in [4.69, 9.17) is 21.1 Å². The third-order valence-corrected chi connectivity index (χ3v) is 3.62. The number of ether oxygens (including phenoxy) is 3. The summed E-state index contributed by atoms with van der Waals surface area (Å²) in [5.74, 6) is 0.225. The quantitative estimate of drug-likeness (QED) is 0.745. The average molecular weight is 386 g/mol. The lowest BCUT2D eigenvalue weighted by molar-refractivity contribution is -0.127. The molecule has 1 N–H and O–H groups in total. The van der Waals surface area contributed by atoms with Gasteiger partial charge in [-0.15, -0.1) is 0 Å². The van der Waals surface area contributed by atoms with Gasteiger partial charge in [-0.3, -0.25) is 4.79 Å². The monoisotopic (exact) mass is 385 g/mol. The molecular formula is C18H18ClF2NO4. The standard InChI is InChI=1S/C18H18ClF2NO4/c1-11(25-14-5-3-4-13(19)9-14)17(23)22-10-12-6-7-15(26-18(20)21)16(8-12)24-2/h3-9,11,18H,10H2,1-2H3,(H,22,23). The van der Waals surface area contributed by atoms with Crippen LogP contribution in [0, 0.1) is 0 Å². The van der Waals surface area contributed by atoms with E-state index in [1.807, 2.05) is 0 Å². The van der Waals surface area contributed by atoms with E-state index in [-0.39, 0.29) is 24.0 Å². The van der Waals surface area contributed by atoms with Gasteiger partial charge in [-0.25, -0.2) is 0 Å². The van der Waals surface area contributed by atoms with Gasteiger partial charge in [0.05, 0.1) is 7.11 Å². The Morgan fingerprint density at radius 3 is 2.58 bits per heavy atom. The fourth-order valence-corrected chi connectivity index (χ4v) is 2.33. The van der Waals surface area contributed by atoms with Crippen molar-refractivity contribution in [3.05, 3.63) is 53.1 Å². The molecule has 0 heterocycles. The number of carbonyl (C=O) groups excluding carboxylic acids is 1. The molecule has 2 rings (SSSR count). The molecule has 2 aromatic rings. The highest BCUT2D eigenvalue weighted by Crippen LogP contribution is 2.29. The van der Waals surface area contributed by atoms with Crippen LogP contribution in [0.15, 0.2) is 42.5 Å². The second kappa shape index (κ2) is 9.24. The van der Waals surface area contributed by atoms with Crippen molar-refractivity contribution in [2.24, 2.45) is 0 Å². The summed E-state index contributed by atoms with van der Waals surface area (Å²) in [6.07, 6.45) is -0.739. The molecule has 1 amide bonds. The van der Waals surface area contributed by atoms with Crippen LogP contribution in [0.4, 0.5) is 8.78 Å². The summed E-state index contributed by atoms with van der Waals surface area (Å²) in [6, 6.07) is 11.2. The summed E-state index contributed by atoms with van der Waals surface area (Å²) in [4.78, 5) is 12.1. The summed E-state index contributed by atoms with van der Waals surface area (Å²) < 4.78 is 39.6. The van der Waals surface area contributed by atoms with Crippen molar-refractivity contribution in [1.82, 2.24) is 5.32 Å². The van der Waals surface area contributed by atoms with E-state index in [0.29, 0.717) is 16.3 Å². The van der Waals surface area contributed by atoms with Crippen LogP contribution in [-0.2, 0) is 11.3 Å². The van der Waals surface area contributed by atoms with Crippen LogP contribution in [0.25, 0.3) is 0 Å². The van der Waals surface area contributed by atoms with Gasteiger partial charge in [0.1, 0.15) is 5.75 Å². The van der Waals surface area contributed by atoms with Gasteiger partial charge in [-0.1, -0.05) is 23.7 Å². The Hall–Kier alpha value is -2.54. The first-order chi connectivity index (χ1) is 12.4. The van der Waals surface area contributed by atoms with Gasteiger partial charge < -0.3 is 19.5 Å². The number of hydrogen-bond acceptors (Lipinski definition) is 4. The number of amides is 1. The van der Waals surface area contributed by atoms with Crippen LogP contribution in [0.3, 0.4) is 0 Å². The van der Waals surface area contributed by atoms with E-state index in [2.05, 4.69) is 10.1 Å². The summed E-state index contributed by atoms with van der Waals surface area (Å²) in [5.41, 5.74) is 0.659. The summed E-state index contributed by atoms with van der Waals surface area (Å²) in [6.45, 7) is -1.16. The second-order valence-corrected chi connectivity index (χ2v) is 5.74. The molecule has 0 spiro atoms. The molecular weight excluding hydrogens is 368 g/mol. The number of nitrogens with one attached hydrogen (secondary N) is 1. The highest BCUT2D eigenvalue weighted by atomic mass is 35.5. The molecule has 26 heavy (non-hydrogen) atoms. The molecule has 2 aromatic carbocycles. The zero-order valence-corrected chi connectivity index (χ0v) is 14.9. The lowest BCUT2D eigenvalue weighted by Gasteiger charge is -2.15. The molecule has 0 aromatic heterocycles. The first-order valence-electron chi connectivity index (χ1n) is 7.70. The predicted octanol–water partition coefficient (Wildman–Crippen LogP) is 4.03. The zero-order valence-electron chi connectivity index (χ0n) is 14.2. The van der Waals surface area contributed by atoms with Gasteiger partial charge in [0.15, 0.2) is 17.6 Å². The summed E-state index contributed by atoms with van der Waals surface area (Å²) >= 11 is 5.87. The Morgan fingerprint density at radius 1 is 1.15 bits per heavy atom. The van der Waals surface area contributed by atoms with Gasteiger partial charge >= 0.3 is 6.61 Å². The summed E-state index contributed by atoms with van der Waals surface area (Å²) in [7, 11) is 1.34. The molecule has 0 aliphatic heterocycles. The third kappa shape index (κ3) is 5.77. The Morgan fingerprint density at radius 2 is 1.92 bits per heavy atom. The van der Waals surface area contributed by atoms with Gasteiger partial charge in [0.2, 0.25) is 0 Å². The van der Waals surface area contributed by atoms with E-state index in [9.17, 15) is 13.6 Å². The normalized spacial score (nSPS) is 11.8. The fourth-order valence-electron chi connectivity index (χ4n) is 2.15. The smallest absolute Gasteiger partial charge is 0.387 e. The van der Waals surface area contributed by atoms with Gasteiger partial charge in [-0.2, -0.15) is 8.78 Å². The first-order valence-corrected chi connectivity index (χ1v) is 8.08. The Bertz CT molecular complexity index is 758. The molecule has 140 valence electrons. The van der Waals surface area contributed by atoms with Crippen molar-refractivity contribution in [3.63, 3.8) is 0 Å². The van der Waals surface area contributed by atoms with Crippen LogP contribution in [0.1, 0.15) is 12.5 Å². The van der Waals surface area contributed by atoms with Crippen molar-refractivity contribution < 1.29 is 27.8 Å². The number of hydrogen-bond donors (Lipinski definition) is 1. The molecule has 0 radical (unpaired) electrons. The van der Waals surface area contributed by atoms with E-state index in [1.165, 1.54) is 19.2 Å². The minimum atomic E-state index is -2.95. The maximum Gasteiger partial charge on any atom is 0.387 e. The zero-order chi connectivity index (χ0) is 19.1. The molecule has 8 heteroatoms. The summed E-state index contributed by atoms with van der Waals surface area (Å²) in [5, 5.41) is 3.21. The van der Waals surface area contributed by atoms with E-state index in [0.717, 1.165) is 0 Å². The highest BCUT2D eigenvalue weighted by Gasteiger charge is 2.15. The number of benzene rings is 2. The number of halogens is 3. The van der Waals surface area contributed by atoms with Crippen molar-refractivity contribution in [2.75, 3.05) is 7.11 Å². The number of rotatable bonds is 8. The maximum atomic E-state index is 12.3. The van der Waals surface area contributed by atoms with E-state index >= 15 is 0 Å². The van der Waals surface area contributed by atoms with Crippen LogP contribution >= 0.6 is 11.6 Å². The predicted molar refractivity (Wildman–Crippen MR) is 93.0 cm³/mol. The third-order valence-electron chi connectivity index (χ3n) is 3.39. The molecule has 0 aliphatic carbocycles. The Balaban J connectivity index is 1.93. The van der Waals surface area contributed by atoms with Gasteiger partial charge in [-0.05, 0) is 42.8 Å². The SMILES string of the molecule is COc1cc(CNC(=O)C(C)Oc2cccc(Cl)c2)ccc1OC(F)F. The Labute approximate surface area is 154 Å². The van der Waals surface area contributed by atoms with Crippen molar-refractivity contribution >= 4 is 17.5 Å². The van der Waals surface area contributed by atoms with Crippen LogP contribution < -0.4 is 19.5 Å². The largest absolute Gasteiger partial charge is 0.493 e. The maximum absolute atomic E-state index is 12.3. The number of methoxy groups -OCH3 is 1. The number of carbonyl (C=O) groups is 1. The number of alkyl halides is 2. The van der Waals surface area contributed by atoms with E-state index < -0.39 is 12.7 Å². The second-order valence-electron chi connectivity index (χ2n) is 5.30. The van der Waals surface area contributed by atoms with Gasteiger partial charge in [0, 0.05) is 11.6 Å². The molecule has 1 unspecified atom stereocenters. The fraction of sp³-hybridized carbons (Fsp3) is 0.278. The lowest BCUT2D eigenvalue weighted by Crippen LogP contribution is -2.35. The molecule has 0 saturated heterocycles. The molecule has 0 aliphatic rings. The minimum Gasteiger partial charge on any atom is -0.493 e. The molecule has 0 fully saturated rings. The molecule has 5 nitrogen and oxygen atoms in total. The van der Waals surface area contributed by atoms with Crippen molar-refractivity contribution in [2.45, 2.75) is 26.2 Å². The topological polar surface area (TPSA) is 56.8 Å². The molecule has 0 bridgehead atoms. The first kappa shape index (κ1) is 19.8. The molecule has 1 atom stereocenters. The average Bonchev–Trinajstić information content (AvgIpc) is 2.60. The van der Waals surface area contributed by atoms with Crippen molar-refractivity contribution in [3.8, 4) is 17.2 Å².